The Morgan fingerprint density at radius 2 is 1.88 bits per heavy atom. The third kappa shape index (κ3) is 6.24. The van der Waals surface area contributed by atoms with Crippen molar-refractivity contribution < 1.29 is 29.3 Å². The molecule has 0 amide bonds. The molecule has 1 aromatic heterocycles. The van der Waals surface area contributed by atoms with Crippen LogP contribution in [0, 0.1) is 18.3 Å². The maximum Gasteiger partial charge on any atom is 0.414 e. The standard InChI is InChI=1S/C22H29N3O2.C2H2O4/c1-4-9-27-21-10-18-6-7-19(11-21)24(18)14-16(2)15-25-22-12-20(26-3)8-5-17(22)13-23-25;3-1(4)2(5)6/h1,5,8,12-13,16,18-19,21H,6-7,9-11,14-15H2,2-3H3;(H,3,4)(H,5,6)/t16-,18-,19+,21+;/m1./s1. The van der Waals surface area contributed by atoms with Crippen LogP contribution in [0.15, 0.2) is 24.4 Å². The van der Waals surface area contributed by atoms with Gasteiger partial charge in [-0.15, -0.1) is 6.42 Å². The second kappa shape index (κ2) is 11.2. The first-order valence-corrected chi connectivity index (χ1v) is 11.1. The van der Waals surface area contributed by atoms with Crippen LogP contribution in [0.3, 0.4) is 0 Å². The molecule has 4 atom stereocenters. The van der Waals surface area contributed by atoms with E-state index in [0.717, 1.165) is 42.6 Å². The van der Waals surface area contributed by atoms with E-state index >= 15 is 0 Å². The van der Waals surface area contributed by atoms with E-state index in [1.54, 1.807) is 7.11 Å². The van der Waals surface area contributed by atoms with Crippen LogP contribution in [0.5, 0.6) is 5.75 Å². The molecule has 2 aromatic rings. The van der Waals surface area contributed by atoms with Gasteiger partial charge in [-0.3, -0.25) is 9.58 Å². The predicted molar refractivity (Wildman–Crippen MR) is 122 cm³/mol. The highest BCUT2D eigenvalue weighted by Gasteiger charge is 2.41. The third-order valence-corrected chi connectivity index (χ3v) is 6.29. The number of aromatic nitrogens is 2. The monoisotopic (exact) mass is 457 g/mol. The SMILES string of the molecule is C#CCO[C@H]1C[C@H]2CC[C@@H](C1)N2C[C@@H](C)Cn1ncc2ccc(OC)cc21.O=C(O)C(=O)O. The molecule has 2 bridgehead atoms. The maximum atomic E-state index is 9.10. The van der Waals surface area contributed by atoms with Gasteiger partial charge in [-0.1, -0.05) is 12.8 Å². The number of methoxy groups -OCH3 is 1. The summed E-state index contributed by atoms with van der Waals surface area (Å²) >= 11 is 0. The number of hydrogen-bond acceptors (Lipinski definition) is 6. The summed E-state index contributed by atoms with van der Waals surface area (Å²) in [6, 6.07) is 7.42. The number of terminal acetylenes is 1. The van der Waals surface area contributed by atoms with E-state index in [0.29, 0.717) is 30.7 Å². The van der Waals surface area contributed by atoms with Crippen molar-refractivity contribution in [3.05, 3.63) is 24.4 Å². The van der Waals surface area contributed by atoms with Gasteiger partial charge >= 0.3 is 11.9 Å². The lowest BCUT2D eigenvalue weighted by molar-refractivity contribution is -0.159. The Bertz CT molecular complexity index is 987. The molecule has 2 aliphatic rings. The van der Waals surface area contributed by atoms with Crippen molar-refractivity contribution in [2.75, 3.05) is 20.3 Å². The molecule has 9 nitrogen and oxygen atoms in total. The molecule has 0 aliphatic carbocycles. The fourth-order valence-corrected chi connectivity index (χ4v) is 4.86. The van der Waals surface area contributed by atoms with Crippen LogP contribution in [-0.4, -0.2) is 75.3 Å². The number of ether oxygens (including phenoxy) is 2. The molecular weight excluding hydrogens is 426 g/mol. The van der Waals surface area contributed by atoms with Crippen LogP contribution in [0.1, 0.15) is 32.6 Å². The normalized spacial score (nSPS) is 22.8. The number of aliphatic carboxylic acids is 2. The van der Waals surface area contributed by atoms with Gasteiger partial charge in [0.05, 0.1) is 24.9 Å². The number of carbonyl (C=O) groups is 2. The van der Waals surface area contributed by atoms with Gasteiger partial charge in [0.1, 0.15) is 12.4 Å². The molecule has 33 heavy (non-hydrogen) atoms. The first-order valence-electron chi connectivity index (χ1n) is 11.1. The zero-order valence-corrected chi connectivity index (χ0v) is 19.0. The highest BCUT2D eigenvalue weighted by atomic mass is 16.5. The smallest absolute Gasteiger partial charge is 0.414 e. The molecule has 2 saturated heterocycles. The van der Waals surface area contributed by atoms with Gasteiger partial charge in [0, 0.05) is 36.6 Å². The van der Waals surface area contributed by atoms with Crippen LogP contribution >= 0.6 is 0 Å². The molecule has 0 saturated carbocycles. The summed E-state index contributed by atoms with van der Waals surface area (Å²) in [5.41, 5.74) is 1.14. The largest absolute Gasteiger partial charge is 0.497 e. The number of nitrogens with zero attached hydrogens (tertiary/aromatic N) is 3. The highest BCUT2D eigenvalue weighted by molar-refractivity contribution is 6.27. The van der Waals surface area contributed by atoms with E-state index < -0.39 is 11.9 Å². The molecule has 1 aromatic carbocycles. The van der Waals surface area contributed by atoms with E-state index in [1.165, 1.54) is 12.8 Å². The molecule has 4 rings (SSSR count). The minimum atomic E-state index is -1.82. The minimum Gasteiger partial charge on any atom is -0.497 e. The van der Waals surface area contributed by atoms with Gasteiger partial charge in [0.15, 0.2) is 0 Å². The van der Waals surface area contributed by atoms with Crippen LogP contribution < -0.4 is 4.74 Å². The van der Waals surface area contributed by atoms with Crippen LogP contribution in [0.4, 0.5) is 0 Å². The quantitative estimate of drug-likeness (QED) is 0.482. The molecule has 9 heteroatoms. The average molecular weight is 458 g/mol. The Balaban J connectivity index is 0.000000454. The summed E-state index contributed by atoms with van der Waals surface area (Å²) < 4.78 is 13.3. The van der Waals surface area contributed by atoms with Gasteiger partial charge in [-0.05, 0) is 43.7 Å². The van der Waals surface area contributed by atoms with Gasteiger partial charge in [-0.25, -0.2) is 9.59 Å². The van der Waals surface area contributed by atoms with Gasteiger partial charge in [0.25, 0.3) is 0 Å². The number of rotatable bonds is 7. The minimum absolute atomic E-state index is 0.340. The fraction of sp³-hybridized carbons (Fsp3) is 0.542. The van der Waals surface area contributed by atoms with Gasteiger partial charge in [-0.2, -0.15) is 5.10 Å². The summed E-state index contributed by atoms with van der Waals surface area (Å²) in [4.78, 5) is 20.9. The van der Waals surface area contributed by atoms with Crippen LogP contribution in [0.2, 0.25) is 0 Å². The predicted octanol–water partition coefficient (Wildman–Crippen LogP) is 2.48. The Labute approximate surface area is 193 Å². The summed E-state index contributed by atoms with van der Waals surface area (Å²) in [5.74, 6) is 0.365. The highest BCUT2D eigenvalue weighted by Crippen LogP contribution is 2.37. The summed E-state index contributed by atoms with van der Waals surface area (Å²) in [5, 5.41) is 20.6. The molecular formula is C24H31N3O6. The number of carboxylic acids is 2. The zero-order valence-electron chi connectivity index (χ0n) is 19.0. The lowest BCUT2D eigenvalue weighted by atomic mass is 9.98. The Hall–Kier alpha value is -3.09. The average Bonchev–Trinajstić information content (AvgIpc) is 3.28. The molecule has 3 heterocycles. The number of hydrogen-bond donors (Lipinski definition) is 2. The van der Waals surface area contributed by atoms with E-state index in [2.05, 4.69) is 39.7 Å². The van der Waals surface area contributed by atoms with Crippen molar-refractivity contribution in [3.8, 4) is 18.1 Å². The fourth-order valence-electron chi connectivity index (χ4n) is 4.86. The van der Waals surface area contributed by atoms with Crippen LogP contribution in [0.25, 0.3) is 10.9 Å². The lowest BCUT2D eigenvalue weighted by Gasteiger charge is -2.40. The molecule has 0 unspecified atom stereocenters. The second-order valence-electron chi connectivity index (χ2n) is 8.66. The summed E-state index contributed by atoms with van der Waals surface area (Å²) in [7, 11) is 1.71. The van der Waals surface area contributed by atoms with Gasteiger partial charge < -0.3 is 19.7 Å². The number of piperidine rings is 1. The summed E-state index contributed by atoms with van der Waals surface area (Å²) in [6.07, 6.45) is 12.4. The van der Waals surface area contributed by atoms with Gasteiger partial charge in [0.2, 0.25) is 0 Å². The van der Waals surface area contributed by atoms with E-state index in [9.17, 15) is 0 Å². The van der Waals surface area contributed by atoms with Crippen LogP contribution in [-0.2, 0) is 20.9 Å². The topological polar surface area (TPSA) is 114 Å². The van der Waals surface area contributed by atoms with Crippen molar-refractivity contribution in [3.63, 3.8) is 0 Å². The van der Waals surface area contributed by atoms with Crippen molar-refractivity contribution in [1.29, 1.82) is 0 Å². The second-order valence-corrected chi connectivity index (χ2v) is 8.66. The Morgan fingerprint density at radius 3 is 2.45 bits per heavy atom. The summed E-state index contributed by atoms with van der Waals surface area (Å²) in [6.45, 7) is 4.80. The van der Waals surface area contributed by atoms with Crippen molar-refractivity contribution in [1.82, 2.24) is 14.7 Å². The first-order chi connectivity index (χ1) is 15.8. The number of carboxylic acid groups (broad SMARTS) is 2. The Morgan fingerprint density at radius 1 is 1.21 bits per heavy atom. The third-order valence-electron chi connectivity index (χ3n) is 6.29. The van der Waals surface area contributed by atoms with E-state index in [1.807, 2.05) is 12.3 Å². The molecule has 178 valence electrons. The molecule has 2 aliphatic heterocycles. The first kappa shape index (κ1) is 24.6. The zero-order chi connectivity index (χ0) is 24.0. The molecule has 2 N–H and O–H groups in total. The maximum absolute atomic E-state index is 9.10. The molecule has 0 radical (unpaired) electrons. The Kier molecular flexibility index (Phi) is 8.31. The van der Waals surface area contributed by atoms with E-state index in [-0.39, 0.29) is 0 Å². The molecule has 2 fully saturated rings. The van der Waals surface area contributed by atoms with Crippen molar-refractivity contribution >= 4 is 22.8 Å². The number of fused-ring (bicyclic) bond motifs is 3. The van der Waals surface area contributed by atoms with E-state index in [4.69, 9.17) is 35.7 Å². The molecule has 0 spiro atoms. The van der Waals surface area contributed by atoms with Crippen molar-refractivity contribution in [2.24, 2.45) is 5.92 Å². The van der Waals surface area contributed by atoms with Crippen molar-refractivity contribution in [2.45, 2.75) is 57.3 Å². The number of benzene rings is 1. The lowest BCUT2D eigenvalue weighted by Crippen LogP contribution is -2.47.